The second kappa shape index (κ2) is 5.66. The van der Waals surface area contributed by atoms with Gasteiger partial charge in [-0.3, -0.25) is 9.80 Å². The van der Waals surface area contributed by atoms with Crippen molar-refractivity contribution >= 4 is 0 Å². The highest BCUT2D eigenvalue weighted by Crippen LogP contribution is 2.29. The number of hydrogen-bond acceptors (Lipinski definition) is 6. The minimum atomic E-state index is -0.199. The third-order valence-electron chi connectivity index (χ3n) is 5.37. The van der Waals surface area contributed by atoms with Gasteiger partial charge in [-0.2, -0.15) is 4.98 Å². The molecule has 1 aromatic heterocycles. The molecule has 1 N–H and O–H groups in total. The number of nitrogens with zero attached hydrogens (tertiary/aromatic N) is 4. The van der Waals surface area contributed by atoms with Crippen LogP contribution in [-0.4, -0.2) is 63.9 Å². The lowest BCUT2D eigenvalue weighted by molar-refractivity contribution is 0.00781. The van der Waals surface area contributed by atoms with Crippen LogP contribution in [0.2, 0.25) is 0 Å². The lowest BCUT2D eigenvalue weighted by atomic mass is 9.84. The summed E-state index contributed by atoms with van der Waals surface area (Å²) in [6.07, 6.45) is 4.85. The van der Waals surface area contributed by atoms with Crippen LogP contribution in [0.5, 0.6) is 0 Å². The molecule has 0 aromatic carbocycles. The van der Waals surface area contributed by atoms with E-state index in [1.807, 2.05) is 0 Å². The highest BCUT2D eigenvalue weighted by molar-refractivity contribution is 5.02. The number of fused-ring (bicyclic) bond motifs is 3. The average Bonchev–Trinajstić information content (AvgIpc) is 2.99. The predicted octanol–water partition coefficient (Wildman–Crippen LogP) is 0.835. The fourth-order valence-electron chi connectivity index (χ4n) is 4.00. The molecule has 4 fully saturated rings. The number of hydrogen-bond donors (Lipinski definition) is 1. The fourth-order valence-corrected chi connectivity index (χ4v) is 4.00. The van der Waals surface area contributed by atoms with Crippen molar-refractivity contribution in [2.24, 2.45) is 5.92 Å². The van der Waals surface area contributed by atoms with Gasteiger partial charge in [0.2, 0.25) is 5.89 Å². The molecule has 2 bridgehead atoms. The molecule has 1 saturated carbocycles. The van der Waals surface area contributed by atoms with E-state index < -0.39 is 0 Å². The maximum Gasteiger partial charge on any atom is 0.227 e. The molecule has 3 unspecified atom stereocenters. The van der Waals surface area contributed by atoms with Crippen LogP contribution >= 0.6 is 0 Å². The summed E-state index contributed by atoms with van der Waals surface area (Å²) in [5.41, 5.74) is 0. The van der Waals surface area contributed by atoms with Gasteiger partial charge >= 0.3 is 0 Å². The molecule has 1 aromatic rings. The zero-order valence-electron chi connectivity index (χ0n) is 12.4. The molecule has 0 radical (unpaired) electrons. The molecule has 5 rings (SSSR count). The third-order valence-corrected chi connectivity index (χ3v) is 5.37. The summed E-state index contributed by atoms with van der Waals surface area (Å²) in [7, 11) is 0. The number of aliphatic hydroxyl groups excluding tert-OH is 1. The van der Waals surface area contributed by atoms with E-state index in [2.05, 4.69) is 19.9 Å². The fraction of sp³-hybridized carbons (Fsp3) is 0.867. The molecule has 3 aliphatic heterocycles. The molecule has 6 heteroatoms. The lowest BCUT2D eigenvalue weighted by Gasteiger charge is -2.46. The summed E-state index contributed by atoms with van der Waals surface area (Å²) in [4.78, 5) is 9.56. The third kappa shape index (κ3) is 2.72. The molecular formula is C15H24N4O2. The van der Waals surface area contributed by atoms with E-state index in [1.54, 1.807) is 0 Å². The maximum absolute atomic E-state index is 10.1. The zero-order chi connectivity index (χ0) is 14.2. The Labute approximate surface area is 125 Å². The molecule has 21 heavy (non-hydrogen) atoms. The van der Waals surface area contributed by atoms with Gasteiger partial charge in [0.15, 0.2) is 5.82 Å². The van der Waals surface area contributed by atoms with E-state index in [4.69, 9.17) is 4.52 Å². The SMILES string of the molecule is OC1CCCCC1Cc1nc(C2CN3CCN2CC3)no1. The van der Waals surface area contributed by atoms with Gasteiger partial charge in [-0.1, -0.05) is 18.0 Å². The number of aliphatic hydroxyl groups is 1. The standard InChI is InChI=1S/C15H24N4O2/c20-13-4-2-1-3-11(13)9-14-16-15(17-21-14)12-10-18-5-7-19(12)8-6-18/h11-13,20H,1-10H2. The van der Waals surface area contributed by atoms with Gasteiger partial charge in [0, 0.05) is 39.1 Å². The van der Waals surface area contributed by atoms with Gasteiger partial charge in [0.05, 0.1) is 12.1 Å². The Morgan fingerprint density at radius 2 is 1.95 bits per heavy atom. The van der Waals surface area contributed by atoms with Crippen molar-refractivity contribution in [3.63, 3.8) is 0 Å². The second-order valence-corrected chi connectivity index (χ2v) is 6.71. The lowest BCUT2D eigenvalue weighted by Crippen LogP contribution is -2.57. The number of piperazine rings is 3. The molecule has 3 saturated heterocycles. The average molecular weight is 292 g/mol. The first-order chi connectivity index (χ1) is 10.3. The first kappa shape index (κ1) is 13.7. The first-order valence-electron chi connectivity index (χ1n) is 8.26. The predicted molar refractivity (Wildman–Crippen MR) is 76.7 cm³/mol. The molecular weight excluding hydrogens is 268 g/mol. The first-order valence-corrected chi connectivity index (χ1v) is 8.26. The molecule has 0 amide bonds. The highest BCUT2D eigenvalue weighted by Gasteiger charge is 2.36. The summed E-state index contributed by atoms with van der Waals surface area (Å²) in [6.45, 7) is 5.56. The van der Waals surface area contributed by atoms with Gasteiger partial charge < -0.3 is 9.63 Å². The topological polar surface area (TPSA) is 65.6 Å². The Balaban J connectivity index is 1.43. The van der Waals surface area contributed by atoms with Crippen molar-refractivity contribution in [3.05, 3.63) is 11.7 Å². The molecule has 4 heterocycles. The quantitative estimate of drug-likeness (QED) is 0.890. The normalized spacial score (nSPS) is 39.6. The Morgan fingerprint density at radius 1 is 1.14 bits per heavy atom. The van der Waals surface area contributed by atoms with E-state index in [0.717, 1.165) is 64.2 Å². The minimum absolute atomic E-state index is 0.199. The molecule has 1 aliphatic carbocycles. The van der Waals surface area contributed by atoms with Crippen molar-refractivity contribution < 1.29 is 9.63 Å². The van der Waals surface area contributed by atoms with E-state index >= 15 is 0 Å². The van der Waals surface area contributed by atoms with Gasteiger partial charge in [0.1, 0.15) is 0 Å². The maximum atomic E-state index is 10.1. The van der Waals surface area contributed by atoms with Gasteiger partial charge in [-0.15, -0.1) is 0 Å². The number of aromatic nitrogens is 2. The van der Waals surface area contributed by atoms with E-state index in [0.29, 0.717) is 17.9 Å². The monoisotopic (exact) mass is 292 g/mol. The Hall–Kier alpha value is -0.980. The smallest absolute Gasteiger partial charge is 0.227 e. The molecule has 3 atom stereocenters. The van der Waals surface area contributed by atoms with Crippen LogP contribution < -0.4 is 0 Å². The van der Waals surface area contributed by atoms with Crippen LogP contribution in [0, 0.1) is 5.92 Å². The largest absolute Gasteiger partial charge is 0.393 e. The van der Waals surface area contributed by atoms with Crippen molar-refractivity contribution in [2.45, 2.75) is 44.2 Å². The van der Waals surface area contributed by atoms with Crippen LogP contribution in [0.1, 0.15) is 43.4 Å². The molecule has 0 spiro atoms. The minimum Gasteiger partial charge on any atom is -0.393 e. The van der Waals surface area contributed by atoms with Crippen LogP contribution in [-0.2, 0) is 6.42 Å². The Kier molecular flexibility index (Phi) is 3.69. The molecule has 4 aliphatic rings. The van der Waals surface area contributed by atoms with E-state index in [-0.39, 0.29) is 6.10 Å². The van der Waals surface area contributed by atoms with Crippen LogP contribution in [0.4, 0.5) is 0 Å². The second-order valence-electron chi connectivity index (χ2n) is 6.71. The van der Waals surface area contributed by atoms with Crippen molar-refractivity contribution in [1.82, 2.24) is 19.9 Å². The van der Waals surface area contributed by atoms with Crippen molar-refractivity contribution in [1.29, 1.82) is 0 Å². The van der Waals surface area contributed by atoms with Crippen molar-refractivity contribution in [2.75, 3.05) is 32.7 Å². The Morgan fingerprint density at radius 3 is 2.67 bits per heavy atom. The molecule has 6 nitrogen and oxygen atoms in total. The van der Waals surface area contributed by atoms with Gasteiger partial charge in [-0.05, 0) is 18.8 Å². The Bertz CT molecular complexity index is 484. The van der Waals surface area contributed by atoms with Crippen LogP contribution in [0.3, 0.4) is 0 Å². The molecule has 116 valence electrons. The van der Waals surface area contributed by atoms with Gasteiger partial charge in [-0.25, -0.2) is 0 Å². The number of rotatable bonds is 3. The van der Waals surface area contributed by atoms with Crippen LogP contribution in [0.25, 0.3) is 0 Å². The van der Waals surface area contributed by atoms with Crippen LogP contribution in [0.15, 0.2) is 4.52 Å². The van der Waals surface area contributed by atoms with E-state index in [9.17, 15) is 5.11 Å². The summed E-state index contributed by atoms with van der Waals surface area (Å²) in [5.74, 6) is 1.83. The summed E-state index contributed by atoms with van der Waals surface area (Å²) < 4.78 is 5.46. The summed E-state index contributed by atoms with van der Waals surface area (Å²) in [5, 5.41) is 14.3. The highest BCUT2D eigenvalue weighted by atomic mass is 16.5. The summed E-state index contributed by atoms with van der Waals surface area (Å²) in [6, 6.07) is 0.293. The summed E-state index contributed by atoms with van der Waals surface area (Å²) >= 11 is 0. The zero-order valence-corrected chi connectivity index (χ0v) is 12.4. The van der Waals surface area contributed by atoms with Gasteiger partial charge in [0.25, 0.3) is 0 Å². The van der Waals surface area contributed by atoms with E-state index in [1.165, 1.54) is 6.42 Å². The van der Waals surface area contributed by atoms with Crippen molar-refractivity contribution in [3.8, 4) is 0 Å².